The number of nitrogens with two attached hydrogens (primary N) is 1. The van der Waals surface area contributed by atoms with Gasteiger partial charge in [0.05, 0.1) is 6.54 Å². The predicted octanol–water partition coefficient (Wildman–Crippen LogP) is 1.90. The zero-order valence-electron chi connectivity index (χ0n) is 10.1. The molecule has 1 aromatic rings. The van der Waals surface area contributed by atoms with Crippen LogP contribution in [0.1, 0.15) is 31.4 Å². The van der Waals surface area contributed by atoms with E-state index in [2.05, 4.69) is 0 Å². The highest BCUT2D eigenvalue weighted by molar-refractivity contribution is 5.81. The van der Waals surface area contributed by atoms with Crippen LogP contribution in [0, 0.1) is 6.92 Å². The monoisotopic (exact) mass is 221 g/mol. The Bertz CT molecular complexity index is 377. The molecule has 1 rings (SSSR count). The van der Waals surface area contributed by atoms with Crippen molar-refractivity contribution in [1.29, 1.82) is 0 Å². The molecule has 88 valence electrons. The molecule has 1 aromatic carbocycles. The van der Waals surface area contributed by atoms with Gasteiger partial charge in [-0.3, -0.25) is 4.79 Å². The number of phenols is 1. The molecule has 0 saturated heterocycles. The Morgan fingerprint density at radius 1 is 1.44 bits per heavy atom. The standard InChI is InChI=1S/C13H19NO2/c1-9-5-4-6-11(16)12(9)13(2,3)7-10(15)8-14/h4-6,16H,7-8,14H2,1-3H3. The Morgan fingerprint density at radius 3 is 2.56 bits per heavy atom. The topological polar surface area (TPSA) is 63.3 Å². The van der Waals surface area contributed by atoms with Gasteiger partial charge < -0.3 is 10.8 Å². The number of phenolic OH excluding ortho intramolecular Hbond substituents is 1. The second-order valence-electron chi connectivity index (χ2n) is 4.77. The van der Waals surface area contributed by atoms with Crippen molar-refractivity contribution in [1.82, 2.24) is 0 Å². The van der Waals surface area contributed by atoms with Crippen molar-refractivity contribution in [3.05, 3.63) is 29.3 Å². The predicted molar refractivity (Wildman–Crippen MR) is 64.5 cm³/mol. The molecule has 0 saturated carbocycles. The summed E-state index contributed by atoms with van der Waals surface area (Å²) in [6.45, 7) is 5.88. The van der Waals surface area contributed by atoms with Gasteiger partial charge in [0.2, 0.25) is 0 Å². The van der Waals surface area contributed by atoms with Gasteiger partial charge in [-0.05, 0) is 18.6 Å². The number of aryl methyl sites for hydroxylation is 1. The van der Waals surface area contributed by atoms with Crippen LogP contribution in [-0.4, -0.2) is 17.4 Å². The highest BCUT2D eigenvalue weighted by Gasteiger charge is 2.27. The van der Waals surface area contributed by atoms with Gasteiger partial charge in [0.15, 0.2) is 0 Å². The van der Waals surface area contributed by atoms with E-state index in [0.29, 0.717) is 6.42 Å². The summed E-state index contributed by atoms with van der Waals surface area (Å²) in [5.74, 6) is 0.252. The molecule has 3 heteroatoms. The van der Waals surface area contributed by atoms with Crippen LogP contribution in [-0.2, 0) is 10.2 Å². The molecular weight excluding hydrogens is 202 g/mol. The van der Waals surface area contributed by atoms with E-state index in [1.165, 1.54) is 0 Å². The first-order valence-electron chi connectivity index (χ1n) is 5.39. The number of Topliss-reactive ketones (excluding diaryl/α,β-unsaturated/α-hetero) is 1. The SMILES string of the molecule is Cc1cccc(O)c1C(C)(C)CC(=O)CN. The van der Waals surface area contributed by atoms with Gasteiger partial charge in [0, 0.05) is 17.4 Å². The van der Waals surface area contributed by atoms with Crippen LogP contribution in [0.15, 0.2) is 18.2 Å². The number of carbonyl (C=O) groups excluding carboxylic acids is 1. The van der Waals surface area contributed by atoms with Crippen LogP contribution in [0.25, 0.3) is 0 Å². The molecule has 16 heavy (non-hydrogen) atoms. The highest BCUT2D eigenvalue weighted by Crippen LogP contribution is 2.36. The number of aromatic hydroxyl groups is 1. The third-order valence-electron chi connectivity index (χ3n) is 2.79. The van der Waals surface area contributed by atoms with Crippen LogP contribution in [0.2, 0.25) is 0 Å². The van der Waals surface area contributed by atoms with E-state index in [9.17, 15) is 9.90 Å². The summed E-state index contributed by atoms with van der Waals surface area (Å²) in [6, 6.07) is 5.38. The second kappa shape index (κ2) is 4.66. The largest absolute Gasteiger partial charge is 0.508 e. The Morgan fingerprint density at radius 2 is 2.06 bits per heavy atom. The van der Waals surface area contributed by atoms with Crippen molar-refractivity contribution in [2.45, 2.75) is 32.6 Å². The minimum Gasteiger partial charge on any atom is -0.508 e. The van der Waals surface area contributed by atoms with Gasteiger partial charge in [-0.1, -0.05) is 26.0 Å². The fourth-order valence-electron chi connectivity index (χ4n) is 2.19. The maximum atomic E-state index is 11.4. The number of ketones is 1. The molecule has 0 spiro atoms. The molecule has 3 nitrogen and oxygen atoms in total. The Kier molecular flexibility index (Phi) is 3.70. The lowest BCUT2D eigenvalue weighted by Gasteiger charge is -2.27. The number of benzene rings is 1. The fourth-order valence-corrected chi connectivity index (χ4v) is 2.19. The fraction of sp³-hybridized carbons (Fsp3) is 0.462. The molecule has 3 N–H and O–H groups in total. The minimum absolute atomic E-state index is 0.00709. The van der Waals surface area contributed by atoms with Gasteiger partial charge >= 0.3 is 0 Å². The third-order valence-corrected chi connectivity index (χ3v) is 2.79. The summed E-state index contributed by atoms with van der Waals surface area (Å²) in [5.41, 5.74) is 6.76. The van der Waals surface area contributed by atoms with Gasteiger partial charge in [-0.15, -0.1) is 0 Å². The van der Waals surface area contributed by atoms with Crippen LogP contribution in [0.3, 0.4) is 0 Å². The molecule has 0 aliphatic heterocycles. The average Bonchev–Trinajstić information content (AvgIpc) is 2.16. The van der Waals surface area contributed by atoms with Gasteiger partial charge in [0.1, 0.15) is 11.5 Å². The van der Waals surface area contributed by atoms with Crippen LogP contribution in [0.4, 0.5) is 0 Å². The quantitative estimate of drug-likeness (QED) is 0.816. The summed E-state index contributed by atoms with van der Waals surface area (Å²) < 4.78 is 0. The Hall–Kier alpha value is -1.35. The van der Waals surface area contributed by atoms with Gasteiger partial charge in [-0.25, -0.2) is 0 Å². The van der Waals surface area contributed by atoms with E-state index in [0.717, 1.165) is 11.1 Å². The van der Waals surface area contributed by atoms with Crippen molar-refractivity contribution in [2.75, 3.05) is 6.54 Å². The van der Waals surface area contributed by atoms with Crippen molar-refractivity contribution in [2.24, 2.45) is 5.73 Å². The normalized spacial score (nSPS) is 11.5. The molecule has 0 fully saturated rings. The van der Waals surface area contributed by atoms with E-state index in [1.807, 2.05) is 26.8 Å². The van der Waals surface area contributed by atoms with E-state index < -0.39 is 0 Å². The Balaban J connectivity index is 3.11. The first-order valence-corrected chi connectivity index (χ1v) is 5.39. The molecule has 0 aromatic heterocycles. The number of hydrogen-bond donors (Lipinski definition) is 2. The van der Waals surface area contributed by atoms with Gasteiger partial charge in [-0.2, -0.15) is 0 Å². The van der Waals surface area contributed by atoms with E-state index in [-0.39, 0.29) is 23.5 Å². The summed E-state index contributed by atoms with van der Waals surface area (Å²) in [7, 11) is 0. The third kappa shape index (κ3) is 2.61. The van der Waals surface area contributed by atoms with E-state index in [4.69, 9.17) is 5.73 Å². The summed E-state index contributed by atoms with van der Waals surface area (Å²) in [5, 5.41) is 9.87. The summed E-state index contributed by atoms with van der Waals surface area (Å²) >= 11 is 0. The number of carbonyl (C=O) groups is 1. The Labute approximate surface area is 96.3 Å². The van der Waals surface area contributed by atoms with E-state index in [1.54, 1.807) is 12.1 Å². The minimum atomic E-state index is -0.383. The molecule has 0 bridgehead atoms. The van der Waals surface area contributed by atoms with Crippen molar-refractivity contribution < 1.29 is 9.90 Å². The molecule has 0 aliphatic carbocycles. The maximum absolute atomic E-state index is 11.4. The molecule has 0 aliphatic rings. The zero-order valence-corrected chi connectivity index (χ0v) is 10.1. The zero-order chi connectivity index (χ0) is 12.3. The molecule has 0 amide bonds. The van der Waals surface area contributed by atoms with Crippen LogP contribution >= 0.6 is 0 Å². The first-order chi connectivity index (χ1) is 7.38. The second-order valence-corrected chi connectivity index (χ2v) is 4.77. The first kappa shape index (κ1) is 12.7. The molecular formula is C13H19NO2. The lowest BCUT2D eigenvalue weighted by atomic mass is 9.77. The summed E-state index contributed by atoms with van der Waals surface area (Å²) in [6.07, 6.45) is 0.349. The smallest absolute Gasteiger partial charge is 0.147 e. The van der Waals surface area contributed by atoms with Crippen molar-refractivity contribution >= 4 is 5.78 Å². The van der Waals surface area contributed by atoms with Crippen LogP contribution < -0.4 is 5.73 Å². The highest BCUT2D eigenvalue weighted by atomic mass is 16.3. The average molecular weight is 221 g/mol. The van der Waals surface area contributed by atoms with Crippen LogP contribution in [0.5, 0.6) is 5.75 Å². The summed E-state index contributed by atoms with van der Waals surface area (Å²) in [4.78, 5) is 11.4. The molecule has 0 heterocycles. The van der Waals surface area contributed by atoms with Crippen molar-refractivity contribution in [3.63, 3.8) is 0 Å². The van der Waals surface area contributed by atoms with Gasteiger partial charge in [0.25, 0.3) is 0 Å². The lowest BCUT2D eigenvalue weighted by Crippen LogP contribution is -2.26. The molecule has 0 atom stereocenters. The number of hydrogen-bond acceptors (Lipinski definition) is 3. The maximum Gasteiger partial charge on any atom is 0.147 e. The van der Waals surface area contributed by atoms with E-state index >= 15 is 0 Å². The molecule has 0 radical (unpaired) electrons. The van der Waals surface area contributed by atoms with Crippen molar-refractivity contribution in [3.8, 4) is 5.75 Å². The molecule has 0 unspecified atom stereocenters. The number of rotatable bonds is 4. The lowest BCUT2D eigenvalue weighted by molar-refractivity contribution is -0.118.